The van der Waals surface area contributed by atoms with E-state index in [1.54, 1.807) is 6.21 Å². The summed E-state index contributed by atoms with van der Waals surface area (Å²) in [7, 11) is 0. The Labute approximate surface area is 110 Å². The van der Waals surface area contributed by atoms with Crippen molar-refractivity contribution in [1.29, 1.82) is 0 Å². The zero-order chi connectivity index (χ0) is 12.1. The average molecular weight is 311 g/mol. The van der Waals surface area contributed by atoms with Gasteiger partial charge in [0.05, 0.1) is 16.2 Å². The fourth-order valence-electron chi connectivity index (χ4n) is 1.03. The van der Waals surface area contributed by atoms with Crippen molar-refractivity contribution in [3.63, 3.8) is 0 Å². The van der Waals surface area contributed by atoms with Crippen molar-refractivity contribution in [1.82, 2.24) is 15.4 Å². The molecule has 2 rings (SSSR count). The molecule has 2 aromatic rings. The summed E-state index contributed by atoms with van der Waals surface area (Å²) in [4.78, 5) is 20.1. The van der Waals surface area contributed by atoms with Gasteiger partial charge in [0.25, 0.3) is 5.91 Å². The van der Waals surface area contributed by atoms with Gasteiger partial charge >= 0.3 is 0 Å². The van der Waals surface area contributed by atoms with Crippen molar-refractivity contribution < 1.29 is 4.79 Å². The Bertz CT molecular complexity index is 540. The minimum Gasteiger partial charge on any atom is -0.265 e. The second-order valence-corrected chi connectivity index (χ2v) is 5.43. The molecule has 17 heavy (non-hydrogen) atoms. The Balaban J connectivity index is 1.95. The number of carbonyl (C=O) groups is 1. The molecular weight excluding hydrogens is 304 g/mol. The number of hydrazone groups is 1. The Morgan fingerprint density at radius 3 is 3.00 bits per heavy atom. The number of hydrogen-bond donors (Lipinski definition) is 1. The average Bonchev–Trinajstić information content (AvgIpc) is 2.76. The van der Waals surface area contributed by atoms with E-state index in [0.717, 1.165) is 8.66 Å². The predicted molar refractivity (Wildman–Crippen MR) is 69.1 cm³/mol. The lowest BCUT2D eigenvalue weighted by molar-refractivity contribution is 0.0950. The summed E-state index contributed by atoms with van der Waals surface area (Å²) in [5.41, 5.74) is 2.61. The van der Waals surface area contributed by atoms with E-state index in [2.05, 4.69) is 36.4 Å². The summed E-state index contributed by atoms with van der Waals surface area (Å²) in [6, 6.07) is 3.81. The molecule has 0 aliphatic heterocycles. The summed E-state index contributed by atoms with van der Waals surface area (Å²) in [6.45, 7) is 0. The van der Waals surface area contributed by atoms with E-state index in [-0.39, 0.29) is 11.6 Å². The number of hydrogen-bond acceptors (Lipinski definition) is 5. The first-order valence-electron chi connectivity index (χ1n) is 4.60. The molecule has 1 N–H and O–H groups in total. The monoisotopic (exact) mass is 310 g/mol. The van der Waals surface area contributed by atoms with Crippen molar-refractivity contribution >= 4 is 39.4 Å². The van der Waals surface area contributed by atoms with Gasteiger partial charge in [0.1, 0.15) is 5.69 Å². The van der Waals surface area contributed by atoms with Gasteiger partial charge in [-0.3, -0.25) is 9.78 Å². The smallest absolute Gasteiger partial charge is 0.265 e. The normalized spacial score (nSPS) is 10.6. The fourth-order valence-corrected chi connectivity index (χ4v) is 2.32. The third-order valence-corrected chi connectivity index (χ3v) is 3.31. The lowest BCUT2D eigenvalue weighted by Crippen LogP contribution is -2.18. The highest BCUT2D eigenvalue weighted by atomic mass is 79.9. The predicted octanol–water partition coefficient (Wildman–Crippen LogP) is 2.06. The zero-order valence-corrected chi connectivity index (χ0v) is 10.9. The molecule has 0 aliphatic carbocycles. The van der Waals surface area contributed by atoms with Gasteiger partial charge < -0.3 is 0 Å². The molecule has 0 radical (unpaired) electrons. The highest BCUT2D eigenvalue weighted by Gasteiger charge is 2.04. The third kappa shape index (κ3) is 3.43. The van der Waals surface area contributed by atoms with Gasteiger partial charge in [-0.2, -0.15) is 5.10 Å². The van der Waals surface area contributed by atoms with E-state index >= 15 is 0 Å². The minimum absolute atomic E-state index is 0.233. The van der Waals surface area contributed by atoms with Gasteiger partial charge in [0, 0.05) is 17.3 Å². The number of amides is 1. The van der Waals surface area contributed by atoms with E-state index in [1.165, 1.54) is 29.9 Å². The number of rotatable bonds is 3. The van der Waals surface area contributed by atoms with E-state index in [4.69, 9.17) is 0 Å². The van der Waals surface area contributed by atoms with Crippen LogP contribution in [0.15, 0.2) is 39.6 Å². The van der Waals surface area contributed by atoms with Crippen molar-refractivity contribution in [2.75, 3.05) is 0 Å². The number of aromatic nitrogens is 2. The summed E-state index contributed by atoms with van der Waals surface area (Å²) < 4.78 is 1.01. The van der Waals surface area contributed by atoms with Gasteiger partial charge in [-0.15, -0.1) is 11.3 Å². The third-order valence-electron chi connectivity index (χ3n) is 1.75. The molecule has 5 nitrogen and oxygen atoms in total. The molecular formula is C10H7BrN4OS. The van der Waals surface area contributed by atoms with Crippen LogP contribution in [0.1, 0.15) is 15.4 Å². The molecule has 0 bridgehead atoms. The number of nitrogens with zero attached hydrogens (tertiary/aromatic N) is 3. The van der Waals surface area contributed by atoms with Crippen LogP contribution in [0.25, 0.3) is 0 Å². The Hall–Kier alpha value is -1.60. The number of carbonyl (C=O) groups excluding carboxylic acids is 1. The highest BCUT2D eigenvalue weighted by molar-refractivity contribution is 9.11. The quantitative estimate of drug-likeness (QED) is 0.697. The van der Waals surface area contributed by atoms with Gasteiger partial charge in [0.2, 0.25) is 0 Å². The molecule has 0 aromatic carbocycles. The number of halogens is 1. The van der Waals surface area contributed by atoms with Crippen LogP contribution in [-0.2, 0) is 0 Å². The number of thiophene rings is 1. The van der Waals surface area contributed by atoms with E-state index < -0.39 is 0 Å². The first-order chi connectivity index (χ1) is 8.25. The molecule has 0 atom stereocenters. The Kier molecular flexibility index (Phi) is 3.94. The van der Waals surface area contributed by atoms with Crippen molar-refractivity contribution in [3.8, 4) is 0 Å². The summed E-state index contributed by atoms with van der Waals surface area (Å²) in [5, 5.41) is 3.83. The van der Waals surface area contributed by atoms with E-state index in [9.17, 15) is 4.79 Å². The van der Waals surface area contributed by atoms with Crippen LogP contribution >= 0.6 is 27.3 Å². The lowest BCUT2D eigenvalue weighted by atomic mass is 10.4. The molecule has 86 valence electrons. The van der Waals surface area contributed by atoms with Crippen LogP contribution in [0.2, 0.25) is 0 Å². The molecule has 2 aromatic heterocycles. The first kappa shape index (κ1) is 11.9. The van der Waals surface area contributed by atoms with Crippen molar-refractivity contribution in [2.24, 2.45) is 5.10 Å². The zero-order valence-electron chi connectivity index (χ0n) is 8.50. The highest BCUT2D eigenvalue weighted by Crippen LogP contribution is 2.20. The van der Waals surface area contributed by atoms with E-state index in [0.29, 0.717) is 0 Å². The van der Waals surface area contributed by atoms with E-state index in [1.807, 2.05) is 12.1 Å². The molecule has 2 heterocycles. The molecule has 0 fully saturated rings. The standard InChI is InChI=1S/C10H7BrN4OS/c11-9-2-1-7(17-9)5-14-15-10(16)8-6-12-3-4-13-8/h1-6H,(H,15,16)/b14-5+. The van der Waals surface area contributed by atoms with Gasteiger partial charge in [0.15, 0.2) is 0 Å². The SMILES string of the molecule is O=C(N/N=C/c1ccc(Br)s1)c1cnccn1. The molecule has 0 saturated heterocycles. The molecule has 0 spiro atoms. The summed E-state index contributed by atoms with van der Waals surface area (Å²) in [6.07, 6.45) is 5.91. The Morgan fingerprint density at radius 2 is 2.35 bits per heavy atom. The second kappa shape index (κ2) is 5.65. The largest absolute Gasteiger partial charge is 0.291 e. The van der Waals surface area contributed by atoms with Crippen LogP contribution in [0, 0.1) is 0 Å². The molecule has 0 saturated carbocycles. The minimum atomic E-state index is -0.384. The fraction of sp³-hybridized carbons (Fsp3) is 0. The maximum atomic E-state index is 11.5. The van der Waals surface area contributed by atoms with Crippen LogP contribution < -0.4 is 5.43 Å². The first-order valence-corrected chi connectivity index (χ1v) is 6.21. The van der Waals surface area contributed by atoms with Crippen LogP contribution in [-0.4, -0.2) is 22.1 Å². The molecule has 0 aliphatic rings. The second-order valence-electron chi connectivity index (χ2n) is 2.93. The van der Waals surface area contributed by atoms with Crippen LogP contribution in [0.5, 0.6) is 0 Å². The van der Waals surface area contributed by atoms with Crippen molar-refractivity contribution in [3.05, 3.63) is 45.1 Å². The Morgan fingerprint density at radius 1 is 1.47 bits per heavy atom. The summed E-state index contributed by atoms with van der Waals surface area (Å²) in [5.74, 6) is -0.384. The van der Waals surface area contributed by atoms with Crippen LogP contribution in [0.3, 0.4) is 0 Å². The number of nitrogens with one attached hydrogen (secondary N) is 1. The maximum Gasteiger partial charge on any atom is 0.291 e. The van der Waals surface area contributed by atoms with Gasteiger partial charge in [-0.05, 0) is 28.1 Å². The van der Waals surface area contributed by atoms with Crippen molar-refractivity contribution in [2.45, 2.75) is 0 Å². The lowest BCUT2D eigenvalue weighted by Gasteiger charge is -1.96. The maximum absolute atomic E-state index is 11.5. The molecule has 7 heteroatoms. The van der Waals surface area contributed by atoms with Gasteiger partial charge in [-0.25, -0.2) is 10.4 Å². The molecule has 0 unspecified atom stereocenters. The topological polar surface area (TPSA) is 67.2 Å². The van der Waals surface area contributed by atoms with Crippen LogP contribution in [0.4, 0.5) is 0 Å². The molecule has 1 amide bonds. The van der Waals surface area contributed by atoms with Gasteiger partial charge in [-0.1, -0.05) is 0 Å². The summed E-state index contributed by atoms with van der Waals surface area (Å²) >= 11 is 4.86.